The summed E-state index contributed by atoms with van der Waals surface area (Å²) < 4.78 is 26.3. The SMILES string of the molecule is C[C@@H]1CCCC[C@H]1NC(=O)N(C)[C@H](C)c1ccc(F)c(F)c1. The Morgan fingerprint density at radius 2 is 1.95 bits per heavy atom. The summed E-state index contributed by atoms with van der Waals surface area (Å²) in [7, 11) is 1.68. The van der Waals surface area contributed by atoms with Gasteiger partial charge in [-0.2, -0.15) is 0 Å². The summed E-state index contributed by atoms with van der Waals surface area (Å²) in [6, 6.07) is 3.45. The quantitative estimate of drug-likeness (QED) is 0.889. The molecule has 1 aromatic carbocycles. The number of nitrogens with one attached hydrogen (secondary N) is 1. The van der Waals surface area contributed by atoms with Crippen LogP contribution in [0.2, 0.25) is 0 Å². The van der Waals surface area contributed by atoms with Crippen LogP contribution in [0.3, 0.4) is 0 Å². The molecule has 0 heterocycles. The summed E-state index contributed by atoms with van der Waals surface area (Å²) in [4.78, 5) is 13.9. The summed E-state index contributed by atoms with van der Waals surface area (Å²) in [6.07, 6.45) is 4.49. The molecule has 0 saturated heterocycles. The van der Waals surface area contributed by atoms with Crippen LogP contribution in [0.15, 0.2) is 18.2 Å². The molecule has 5 heteroatoms. The summed E-state index contributed by atoms with van der Waals surface area (Å²) in [6.45, 7) is 3.96. The van der Waals surface area contributed by atoms with Crippen LogP contribution >= 0.6 is 0 Å². The van der Waals surface area contributed by atoms with Crippen molar-refractivity contribution in [1.29, 1.82) is 0 Å². The Balaban J connectivity index is 2.01. The minimum atomic E-state index is -0.890. The van der Waals surface area contributed by atoms with Crippen LogP contribution in [0, 0.1) is 17.6 Å². The Hall–Kier alpha value is -1.65. The highest BCUT2D eigenvalue weighted by Crippen LogP contribution is 2.25. The molecule has 1 aliphatic rings. The first-order chi connectivity index (χ1) is 10.4. The highest BCUT2D eigenvalue weighted by Gasteiger charge is 2.26. The zero-order valence-electron chi connectivity index (χ0n) is 13.4. The van der Waals surface area contributed by atoms with Gasteiger partial charge >= 0.3 is 6.03 Å². The van der Waals surface area contributed by atoms with Crippen LogP contribution in [0.4, 0.5) is 13.6 Å². The highest BCUT2D eigenvalue weighted by atomic mass is 19.2. The molecule has 0 radical (unpaired) electrons. The Bertz CT molecular complexity index is 535. The third kappa shape index (κ3) is 3.76. The van der Waals surface area contributed by atoms with Crippen molar-refractivity contribution in [2.75, 3.05) is 7.05 Å². The second kappa shape index (κ2) is 7.07. The largest absolute Gasteiger partial charge is 0.335 e. The van der Waals surface area contributed by atoms with E-state index in [1.807, 2.05) is 0 Å². The molecule has 2 rings (SSSR count). The maximum absolute atomic E-state index is 13.3. The number of halogens is 2. The van der Waals surface area contributed by atoms with Gasteiger partial charge in [-0.05, 0) is 43.4 Å². The average molecular weight is 310 g/mol. The standard InChI is InChI=1S/C17H24F2N2O/c1-11-6-4-5-7-16(11)20-17(22)21(3)12(2)13-8-9-14(18)15(19)10-13/h8-12,16H,4-7H2,1-3H3,(H,20,22)/t11-,12-,16-/m1/s1. The monoisotopic (exact) mass is 310 g/mol. The molecule has 1 saturated carbocycles. The molecule has 0 aromatic heterocycles. The molecule has 0 unspecified atom stereocenters. The van der Waals surface area contributed by atoms with Gasteiger partial charge in [-0.3, -0.25) is 0 Å². The number of hydrogen-bond acceptors (Lipinski definition) is 1. The summed E-state index contributed by atoms with van der Waals surface area (Å²) in [5, 5.41) is 3.06. The molecular formula is C17H24F2N2O. The number of carbonyl (C=O) groups is 1. The zero-order valence-corrected chi connectivity index (χ0v) is 13.4. The number of nitrogens with zero attached hydrogens (tertiary/aromatic N) is 1. The lowest BCUT2D eigenvalue weighted by atomic mass is 9.86. The third-order valence-electron chi connectivity index (χ3n) is 4.75. The molecule has 0 aliphatic heterocycles. The first-order valence-electron chi connectivity index (χ1n) is 7.88. The van der Waals surface area contributed by atoms with Crippen molar-refractivity contribution in [3.63, 3.8) is 0 Å². The second-order valence-corrected chi connectivity index (χ2v) is 6.28. The van der Waals surface area contributed by atoms with Crippen molar-refractivity contribution in [3.8, 4) is 0 Å². The van der Waals surface area contributed by atoms with E-state index < -0.39 is 11.6 Å². The van der Waals surface area contributed by atoms with E-state index in [0.717, 1.165) is 31.4 Å². The van der Waals surface area contributed by atoms with Gasteiger partial charge in [-0.15, -0.1) is 0 Å². The Morgan fingerprint density at radius 1 is 1.27 bits per heavy atom. The second-order valence-electron chi connectivity index (χ2n) is 6.28. The van der Waals surface area contributed by atoms with Gasteiger partial charge in [0.1, 0.15) is 0 Å². The van der Waals surface area contributed by atoms with Crippen molar-refractivity contribution in [3.05, 3.63) is 35.4 Å². The van der Waals surface area contributed by atoms with Gasteiger partial charge in [0.2, 0.25) is 0 Å². The number of amides is 2. The van der Waals surface area contributed by atoms with Gasteiger partial charge in [0, 0.05) is 13.1 Å². The molecule has 22 heavy (non-hydrogen) atoms. The van der Waals surface area contributed by atoms with E-state index in [1.54, 1.807) is 14.0 Å². The third-order valence-corrected chi connectivity index (χ3v) is 4.75. The Morgan fingerprint density at radius 3 is 2.59 bits per heavy atom. The van der Waals surface area contributed by atoms with E-state index in [4.69, 9.17) is 0 Å². The first kappa shape index (κ1) is 16.7. The molecule has 3 atom stereocenters. The minimum Gasteiger partial charge on any atom is -0.335 e. The van der Waals surface area contributed by atoms with Crippen LogP contribution < -0.4 is 5.32 Å². The fourth-order valence-corrected chi connectivity index (χ4v) is 2.96. The fraction of sp³-hybridized carbons (Fsp3) is 0.588. The molecular weight excluding hydrogens is 286 g/mol. The number of benzene rings is 1. The number of rotatable bonds is 3. The number of urea groups is 1. The van der Waals surface area contributed by atoms with Crippen LogP contribution in [0.25, 0.3) is 0 Å². The number of carbonyl (C=O) groups excluding carboxylic acids is 1. The van der Waals surface area contributed by atoms with E-state index in [1.165, 1.54) is 17.4 Å². The van der Waals surface area contributed by atoms with Gasteiger partial charge in [0.15, 0.2) is 11.6 Å². The van der Waals surface area contributed by atoms with E-state index in [-0.39, 0.29) is 18.1 Å². The van der Waals surface area contributed by atoms with E-state index in [0.29, 0.717) is 11.5 Å². The summed E-state index contributed by atoms with van der Waals surface area (Å²) in [5.74, 6) is -1.29. The van der Waals surface area contributed by atoms with Crippen LogP contribution in [-0.2, 0) is 0 Å². The van der Waals surface area contributed by atoms with Gasteiger partial charge in [-0.25, -0.2) is 13.6 Å². The zero-order chi connectivity index (χ0) is 16.3. The van der Waals surface area contributed by atoms with E-state index in [2.05, 4.69) is 12.2 Å². The maximum atomic E-state index is 13.3. The van der Waals surface area contributed by atoms with Gasteiger partial charge in [0.25, 0.3) is 0 Å². The molecule has 2 amide bonds. The van der Waals surface area contributed by atoms with Crippen LogP contribution in [0.5, 0.6) is 0 Å². The number of hydrogen-bond donors (Lipinski definition) is 1. The summed E-state index contributed by atoms with van der Waals surface area (Å²) >= 11 is 0. The van der Waals surface area contributed by atoms with E-state index >= 15 is 0 Å². The van der Waals surface area contributed by atoms with Crippen molar-refractivity contribution < 1.29 is 13.6 Å². The first-order valence-corrected chi connectivity index (χ1v) is 7.88. The molecule has 1 N–H and O–H groups in total. The van der Waals surface area contributed by atoms with Gasteiger partial charge in [0.05, 0.1) is 6.04 Å². The molecule has 0 bridgehead atoms. The van der Waals surface area contributed by atoms with E-state index in [9.17, 15) is 13.6 Å². The van der Waals surface area contributed by atoms with Gasteiger partial charge in [-0.1, -0.05) is 25.8 Å². The predicted octanol–water partition coefficient (Wildman–Crippen LogP) is 4.25. The topological polar surface area (TPSA) is 32.3 Å². The van der Waals surface area contributed by atoms with Crippen molar-refractivity contribution >= 4 is 6.03 Å². The van der Waals surface area contributed by atoms with Gasteiger partial charge < -0.3 is 10.2 Å². The smallest absolute Gasteiger partial charge is 0.317 e. The summed E-state index contributed by atoms with van der Waals surface area (Å²) in [5.41, 5.74) is 0.577. The molecule has 0 spiro atoms. The van der Waals surface area contributed by atoms with Crippen LogP contribution in [-0.4, -0.2) is 24.0 Å². The molecule has 1 aliphatic carbocycles. The van der Waals surface area contributed by atoms with Crippen molar-refractivity contribution in [2.45, 2.75) is 51.6 Å². The molecule has 1 fully saturated rings. The predicted molar refractivity (Wildman–Crippen MR) is 82.5 cm³/mol. The lowest BCUT2D eigenvalue weighted by molar-refractivity contribution is 0.179. The minimum absolute atomic E-state index is 0.170. The Kier molecular flexibility index (Phi) is 5.37. The molecule has 122 valence electrons. The lowest BCUT2D eigenvalue weighted by Gasteiger charge is -2.33. The van der Waals surface area contributed by atoms with Crippen LogP contribution in [0.1, 0.15) is 51.1 Å². The highest BCUT2D eigenvalue weighted by molar-refractivity contribution is 5.74. The lowest BCUT2D eigenvalue weighted by Crippen LogP contribution is -2.47. The van der Waals surface area contributed by atoms with Crippen molar-refractivity contribution in [1.82, 2.24) is 10.2 Å². The molecule has 3 nitrogen and oxygen atoms in total. The Labute approximate surface area is 130 Å². The van der Waals surface area contributed by atoms with Crippen molar-refractivity contribution in [2.24, 2.45) is 5.92 Å². The fourth-order valence-electron chi connectivity index (χ4n) is 2.96. The maximum Gasteiger partial charge on any atom is 0.317 e. The molecule has 1 aromatic rings. The average Bonchev–Trinajstić information content (AvgIpc) is 2.50. The normalized spacial score (nSPS) is 23.0.